The topological polar surface area (TPSA) is 42.7 Å². The lowest BCUT2D eigenvalue weighted by Crippen LogP contribution is -2.17. The maximum atomic E-state index is 4.31. The normalized spacial score (nSPS) is 10.8. The van der Waals surface area contributed by atoms with Crippen LogP contribution in [0.3, 0.4) is 0 Å². The van der Waals surface area contributed by atoms with Gasteiger partial charge in [0.15, 0.2) is 0 Å². The van der Waals surface area contributed by atoms with Crippen molar-refractivity contribution >= 4 is 11.3 Å². The third-order valence-electron chi connectivity index (χ3n) is 2.31. The standard InChI is InChI=1S/C11H16N4S/c1-2-4-12-8-10-3-5-14-15(10)9-11-13-6-7-16-11/h3,5-7,12H,2,4,8-9H2,1H3. The van der Waals surface area contributed by atoms with Gasteiger partial charge in [-0.15, -0.1) is 11.3 Å². The Morgan fingerprint density at radius 3 is 3.12 bits per heavy atom. The summed E-state index contributed by atoms with van der Waals surface area (Å²) in [5.74, 6) is 0. The summed E-state index contributed by atoms with van der Waals surface area (Å²) >= 11 is 1.67. The molecule has 0 aromatic carbocycles. The van der Waals surface area contributed by atoms with Crippen LogP contribution in [0.5, 0.6) is 0 Å². The van der Waals surface area contributed by atoms with Gasteiger partial charge in [-0.05, 0) is 19.0 Å². The van der Waals surface area contributed by atoms with Crippen molar-refractivity contribution in [3.8, 4) is 0 Å². The Hall–Kier alpha value is -1.20. The fourth-order valence-electron chi connectivity index (χ4n) is 1.51. The lowest BCUT2D eigenvalue weighted by molar-refractivity contribution is 0.591. The summed E-state index contributed by atoms with van der Waals surface area (Å²) in [7, 11) is 0. The highest BCUT2D eigenvalue weighted by atomic mass is 32.1. The maximum Gasteiger partial charge on any atom is 0.114 e. The minimum absolute atomic E-state index is 0.772. The van der Waals surface area contributed by atoms with Crippen LogP contribution >= 0.6 is 11.3 Å². The summed E-state index contributed by atoms with van der Waals surface area (Å²) in [5, 5.41) is 10.8. The number of nitrogens with zero attached hydrogens (tertiary/aromatic N) is 3. The van der Waals surface area contributed by atoms with Crippen LogP contribution in [-0.2, 0) is 13.1 Å². The van der Waals surface area contributed by atoms with Crippen molar-refractivity contribution < 1.29 is 0 Å². The fraction of sp³-hybridized carbons (Fsp3) is 0.455. The van der Waals surface area contributed by atoms with E-state index in [-0.39, 0.29) is 0 Å². The molecule has 86 valence electrons. The van der Waals surface area contributed by atoms with E-state index < -0.39 is 0 Å². The van der Waals surface area contributed by atoms with Crippen molar-refractivity contribution in [3.05, 3.63) is 34.5 Å². The van der Waals surface area contributed by atoms with Gasteiger partial charge in [0, 0.05) is 24.3 Å². The average Bonchev–Trinajstić information content (AvgIpc) is 2.92. The Labute approximate surface area is 99.3 Å². The Balaban J connectivity index is 1.96. The van der Waals surface area contributed by atoms with E-state index >= 15 is 0 Å². The van der Waals surface area contributed by atoms with Crippen LogP contribution in [0.4, 0.5) is 0 Å². The first-order valence-electron chi connectivity index (χ1n) is 5.50. The number of aromatic nitrogens is 3. The lowest BCUT2D eigenvalue weighted by atomic mass is 10.4. The SMILES string of the molecule is CCCNCc1ccnn1Cc1nccs1. The molecule has 2 rings (SSSR count). The molecule has 0 bridgehead atoms. The Morgan fingerprint density at radius 2 is 2.38 bits per heavy atom. The average molecular weight is 236 g/mol. The zero-order valence-electron chi connectivity index (χ0n) is 9.39. The summed E-state index contributed by atoms with van der Waals surface area (Å²) in [6.45, 7) is 4.86. The Kier molecular flexibility index (Phi) is 4.07. The molecule has 2 aromatic heterocycles. The zero-order valence-corrected chi connectivity index (χ0v) is 10.2. The molecule has 0 aliphatic carbocycles. The van der Waals surface area contributed by atoms with Gasteiger partial charge in [-0.2, -0.15) is 5.10 Å². The highest BCUT2D eigenvalue weighted by Gasteiger charge is 2.04. The van der Waals surface area contributed by atoms with Gasteiger partial charge in [0.25, 0.3) is 0 Å². The molecule has 0 unspecified atom stereocenters. The molecular formula is C11H16N4S. The third-order valence-corrected chi connectivity index (χ3v) is 3.07. The molecule has 0 aliphatic rings. The number of hydrogen-bond acceptors (Lipinski definition) is 4. The first kappa shape index (κ1) is 11.3. The van der Waals surface area contributed by atoms with Crippen LogP contribution in [0.1, 0.15) is 24.0 Å². The minimum atomic E-state index is 0.772. The van der Waals surface area contributed by atoms with Crippen LogP contribution in [0.2, 0.25) is 0 Å². The van der Waals surface area contributed by atoms with Gasteiger partial charge in [0.2, 0.25) is 0 Å². The van der Waals surface area contributed by atoms with E-state index in [1.807, 2.05) is 22.5 Å². The van der Waals surface area contributed by atoms with Gasteiger partial charge in [0.05, 0.1) is 12.2 Å². The van der Waals surface area contributed by atoms with Crippen LogP contribution in [0.15, 0.2) is 23.8 Å². The molecule has 1 N–H and O–H groups in total. The van der Waals surface area contributed by atoms with Gasteiger partial charge < -0.3 is 5.32 Å². The van der Waals surface area contributed by atoms with E-state index in [0.717, 1.165) is 31.1 Å². The monoisotopic (exact) mass is 236 g/mol. The van der Waals surface area contributed by atoms with E-state index in [0.29, 0.717) is 0 Å². The Bertz CT molecular complexity index is 407. The van der Waals surface area contributed by atoms with Crippen molar-refractivity contribution in [1.82, 2.24) is 20.1 Å². The van der Waals surface area contributed by atoms with Gasteiger partial charge in [0.1, 0.15) is 5.01 Å². The first-order chi connectivity index (χ1) is 7.90. The first-order valence-corrected chi connectivity index (χ1v) is 6.38. The van der Waals surface area contributed by atoms with E-state index in [9.17, 15) is 0 Å². The van der Waals surface area contributed by atoms with E-state index in [1.165, 1.54) is 5.69 Å². The number of thiazole rings is 1. The van der Waals surface area contributed by atoms with Gasteiger partial charge >= 0.3 is 0 Å². The van der Waals surface area contributed by atoms with Crippen molar-refractivity contribution in [1.29, 1.82) is 0 Å². The molecule has 0 saturated heterocycles. The predicted molar refractivity (Wildman–Crippen MR) is 65.4 cm³/mol. The van der Waals surface area contributed by atoms with Gasteiger partial charge in [-0.3, -0.25) is 4.68 Å². The molecule has 0 aliphatic heterocycles. The molecular weight excluding hydrogens is 220 g/mol. The molecule has 2 heterocycles. The van der Waals surface area contributed by atoms with Crippen molar-refractivity contribution in [2.75, 3.05) is 6.54 Å². The Morgan fingerprint density at radius 1 is 1.44 bits per heavy atom. The largest absolute Gasteiger partial charge is 0.311 e. The zero-order chi connectivity index (χ0) is 11.2. The fourth-order valence-corrected chi connectivity index (χ4v) is 2.10. The smallest absolute Gasteiger partial charge is 0.114 e. The van der Waals surface area contributed by atoms with Crippen LogP contribution in [0, 0.1) is 0 Å². The number of nitrogens with one attached hydrogen (secondary N) is 1. The summed E-state index contributed by atoms with van der Waals surface area (Å²) in [5.41, 5.74) is 1.21. The number of rotatable bonds is 6. The molecule has 2 aromatic rings. The molecule has 5 heteroatoms. The minimum Gasteiger partial charge on any atom is -0.311 e. The molecule has 0 spiro atoms. The molecule has 4 nitrogen and oxygen atoms in total. The van der Waals surface area contributed by atoms with Crippen LogP contribution in [-0.4, -0.2) is 21.3 Å². The second kappa shape index (κ2) is 5.77. The van der Waals surface area contributed by atoms with Crippen LogP contribution in [0.25, 0.3) is 0 Å². The summed E-state index contributed by atoms with van der Waals surface area (Å²) in [6, 6.07) is 2.05. The van der Waals surface area contributed by atoms with Crippen molar-refractivity contribution in [2.45, 2.75) is 26.4 Å². The van der Waals surface area contributed by atoms with Crippen molar-refractivity contribution in [3.63, 3.8) is 0 Å². The predicted octanol–water partition coefficient (Wildman–Crippen LogP) is 1.89. The summed E-state index contributed by atoms with van der Waals surface area (Å²) in [6.07, 6.45) is 4.83. The molecule has 0 fully saturated rings. The van der Waals surface area contributed by atoms with E-state index in [4.69, 9.17) is 0 Å². The second-order valence-corrected chi connectivity index (χ2v) is 4.56. The number of hydrogen-bond donors (Lipinski definition) is 1. The third kappa shape index (κ3) is 2.90. The molecule has 0 atom stereocenters. The van der Waals surface area contributed by atoms with E-state index in [1.54, 1.807) is 11.3 Å². The summed E-state index contributed by atoms with van der Waals surface area (Å²) < 4.78 is 2.00. The van der Waals surface area contributed by atoms with E-state index in [2.05, 4.69) is 28.4 Å². The van der Waals surface area contributed by atoms with Crippen LogP contribution < -0.4 is 5.32 Å². The van der Waals surface area contributed by atoms with Gasteiger partial charge in [-0.25, -0.2) is 4.98 Å². The highest BCUT2D eigenvalue weighted by Crippen LogP contribution is 2.08. The second-order valence-electron chi connectivity index (χ2n) is 3.58. The lowest BCUT2D eigenvalue weighted by Gasteiger charge is -2.06. The van der Waals surface area contributed by atoms with Gasteiger partial charge in [-0.1, -0.05) is 6.92 Å². The quantitative estimate of drug-likeness (QED) is 0.779. The molecule has 0 amide bonds. The summed E-state index contributed by atoms with van der Waals surface area (Å²) in [4.78, 5) is 4.27. The maximum absolute atomic E-state index is 4.31. The molecule has 0 radical (unpaired) electrons. The highest BCUT2D eigenvalue weighted by molar-refractivity contribution is 7.09. The molecule has 16 heavy (non-hydrogen) atoms. The van der Waals surface area contributed by atoms with Crippen molar-refractivity contribution in [2.24, 2.45) is 0 Å². The molecule has 0 saturated carbocycles.